The molecule has 3 rings (SSSR count). The standard InChI is InChI=1S/C16H18BrN3O2S/c1-16(2,3)22-15(21)20-8-4-5-11(20)14-18-9-10(19-14)12-6-7-13(17)23-12/h9,11H,4-5,8H2,1-3H3,(H,18,19)/t11-/m0/s1. The first-order valence-electron chi connectivity index (χ1n) is 7.48. The van der Waals surface area contributed by atoms with Crippen LogP contribution in [-0.2, 0) is 4.74 Å². The molecule has 0 aromatic carbocycles. The number of hydrogen-bond acceptors (Lipinski definition) is 4. The van der Waals surface area contributed by atoms with Crippen molar-refractivity contribution >= 4 is 38.7 Å². The third kappa shape index (κ3) is 3.75. The summed E-state index contributed by atoms with van der Waals surface area (Å²) < 4.78 is 6.40. The van der Waals surface area contributed by atoms with Crippen LogP contribution in [0.5, 0.6) is 0 Å². The predicted molar refractivity (Wildman–Crippen MR) is 94.0 cm³/mol. The number of hydrogen-bond donors (Lipinski definition) is 1. The molecule has 1 aromatic rings. The zero-order chi connectivity index (χ0) is 16.6. The van der Waals surface area contributed by atoms with Gasteiger partial charge in [0.05, 0.1) is 22.8 Å². The Morgan fingerprint density at radius 3 is 2.96 bits per heavy atom. The van der Waals surface area contributed by atoms with Gasteiger partial charge < -0.3 is 9.72 Å². The van der Waals surface area contributed by atoms with E-state index < -0.39 is 5.60 Å². The molecule has 2 aliphatic heterocycles. The Morgan fingerprint density at radius 1 is 1.52 bits per heavy atom. The summed E-state index contributed by atoms with van der Waals surface area (Å²) in [4.78, 5) is 22.8. The van der Waals surface area contributed by atoms with Gasteiger partial charge in [0.1, 0.15) is 15.2 Å². The summed E-state index contributed by atoms with van der Waals surface area (Å²) in [6.45, 7) is 6.33. The Morgan fingerprint density at radius 2 is 2.30 bits per heavy atom. The topological polar surface area (TPSA) is 58.2 Å². The van der Waals surface area contributed by atoms with Crippen LogP contribution in [0.2, 0.25) is 0 Å². The van der Waals surface area contributed by atoms with Gasteiger partial charge in [-0.25, -0.2) is 9.78 Å². The normalized spacial score (nSPS) is 20.7. The van der Waals surface area contributed by atoms with Crippen molar-refractivity contribution in [3.05, 3.63) is 33.0 Å². The van der Waals surface area contributed by atoms with Crippen molar-refractivity contribution in [3.8, 4) is 0 Å². The molecule has 0 saturated carbocycles. The summed E-state index contributed by atoms with van der Waals surface area (Å²) in [6.07, 6.45) is 3.33. The van der Waals surface area contributed by atoms with Crippen molar-refractivity contribution in [3.63, 3.8) is 0 Å². The second-order valence-corrected chi connectivity index (χ2v) is 8.81. The Hall–Kier alpha value is -1.39. The third-order valence-electron chi connectivity index (χ3n) is 3.50. The summed E-state index contributed by atoms with van der Waals surface area (Å²) >= 11 is 4.93. The quantitative estimate of drug-likeness (QED) is 0.745. The first kappa shape index (κ1) is 16.5. The highest BCUT2D eigenvalue weighted by Gasteiger charge is 2.34. The molecule has 1 aromatic heterocycles. The molecule has 0 unspecified atom stereocenters. The molecule has 0 aliphatic carbocycles. The van der Waals surface area contributed by atoms with Gasteiger partial charge in [-0.2, -0.15) is 0 Å². The summed E-state index contributed by atoms with van der Waals surface area (Å²) in [6, 6.07) is -0.0639. The number of H-pyrrole nitrogens is 1. The van der Waals surface area contributed by atoms with Gasteiger partial charge in [0.2, 0.25) is 0 Å². The van der Waals surface area contributed by atoms with E-state index in [9.17, 15) is 4.79 Å². The van der Waals surface area contributed by atoms with Gasteiger partial charge in [-0.1, -0.05) is 17.5 Å². The van der Waals surface area contributed by atoms with Gasteiger partial charge in [-0.3, -0.25) is 4.90 Å². The lowest BCUT2D eigenvalue weighted by Gasteiger charge is -2.27. The Labute approximate surface area is 148 Å². The molecule has 1 atom stereocenters. The minimum atomic E-state index is -0.493. The van der Waals surface area contributed by atoms with Gasteiger partial charge in [0.25, 0.3) is 0 Å². The average molecular weight is 396 g/mol. The molecule has 0 spiro atoms. The monoisotopic (exact) mass is 395 g/mol. The number of thioether (sulfide) groups is 1. The van der Waals surface area contributed by atoms with E-state index in [0.717, 1.165) is 33.1 Å². The number of amides is 1. The van der Waals surface area contributed by atoms with E-state index in [1.165, 1.54) is 0 Å². The number of halogens is 1. The second kappa shape index (κ2) is 6.25. The molecule has 23 heavy (non-hydrogen) atoms. The molecule has 7 heteroatoms. The predicted octanol–water partition coefficient (Wildman–Crippen LogP) is 4.56. The number of imidazole rings is 1. The lowest BCUT2D eigenvalue weighted by Crippen LogP contribution is -2.36. The molecule has 3 heterocycles. The van der Waals surface area contributed by atoms with Crippen LogP contribution in [-0.4, -0.2) is 33.1 Å². The van der Waals surface area contributed by atoms with Crippen molar-refractivity contribution in [2.24, 2.45) is 0 Å². The van der Waals surface area contributed by atoms with Crippen LogP contribution in [0.3, 0.4) is 0 Å². The minimum Gasteiger partial charge on any atom is -0.444 e. The molecular formula is C16H18BrN3O2S. The summed E-state index contributed by atoms with van der Waals surface area (Å²) in [5.41, 5.74) is 6.44. The van der Waals surface area contributed by atoms with E-state index in [1.54, 1.807) is 22.9 Å². The van der Waals surface area contributed by atoms with Gasteiger partial charge in [-0.15, -0.1) is 0 Å². The number of aromatic amines is 1. The highest BCUT2D eigenvalue weighted by Crippen LogP contribution is 2.39. The molecule has 0 bridgehead atoms. The number of ether oxygens (including phenoxy) is 1. The second-order valence-electron chi connectivity index (χ2n) is 6.47. The van der Waals surface area contributed by atoms with Gasteiger partial charge in [-0.05, 0) is 55.3 Å². The van der Waals surface area contributed by atoms with Crippen LogP contribution in [0.4, 0.5) is 4.79 Å². The fraction of sp³-hybridized carbons (Fsp3) is 0.500. The van der Waals surface area contributed by atoms with Crippen molar-refractivity contribution in [1.82, 2.24) is 14.9 Å². The first-order chi connectivity index (χ1) is 10.8. The molecule has 1 fully saturated rings. The zero-order valence-corrected chi connectivity index (χ0v) is 15.7. The van der Waals surface area contributed by atoms with Crippen molar-refractivity contribution in [2.45, 2.75) is 45.3 Å². The van der Waals surface area contributed by atoms with E-state index in [0.29, 0.717) is 6.54 Å². The third-order valence-corrected chi connectivity index (χ3v) is 4.99. The molecule has 0 radical (unpaired) electrons. The van der Waals surface area contributed by atoms with E-state index >= 15 is 0 Å². The number of aromatic nitrogens is 2. The van der Waals surface area contributed by atoms with Gasteiger partial charge in [0, 0.05) is 6.54 Å². The van der Waals surface area contributed by atoms with E-state index in [2.05, 4.69) is 37.4 Å². The van der Waals surface area contributed by atoms with Crippen molar-refractivity contribution in [1.29, 1.82) is 0 Å². The van der Waals surface area contributed by atoms with Crippen LogP contribution in [0.1, 0.15) is 51.2 Å². The smallest absolute Gasteiger partial charge is 0.410 e. The fourth-order valence-corrected chi connectivity index (χ4v) is 3.76. The number of rotatable bonds is 2. The summed E-state index contributed by atoms with van der Waals surface area (Å²) in [7, 11) is 0. The maximum atomic E-state index is 12.4. The lowest BCUT2D eigenvalue weighted by molar-refractivity contribution is 0.0218. The SMILES string of the molecule is CC(C)(C)OC(=O)N1CCC[C@H]1c1ncc(C2=C=C=C(Br)S2)[nH]1. The highest BCUT2D eigenvalue weighted by molar-refractivity contribution is 9.14. The molecule has 1 N–H and O–H groups in total. The fourth-order valence-electron chi connectivity index (χ4n) is 2.58. The lowest BCUT2D eigenvalue weighted by atomic mass is 10.2. The van der Waals surface area contributed by atoms with Gasteiger partial charge >= 0.3 is 6.09 Å². The molecule has 1 saturated heterocycles. The number of nitrogens with zero attached hydrogens (tertiary/aromatic N) is 2. The number of carbonyl (C=O) groups is 1. The number of carbonyl (C=O) groups excluding carboxylic acids is 1. The maximum Gasteiger partial charge on any atom is 0.410 e. The molecule has 1 amide bonds. The largest absolute Gasteiger partial charge is 0.444 e. The molecular weight excluding hydrogens is 378 g/mol. The Balaban J connectivity index is 1.77. The van der Waals surface area contributed by atoms with E-state index in [1.807, 2.05) is 20.8 Å². The molecule has 5 nitrogen and oxygen atoms in total. The molecule has 2 aliphatic rings. The Kier molecular flexibility index (Phi) is 4.47. The number of nitrogens with one attached hydrogen (secondary N) is 1. The minimum absolute atomic E-state index is 0.0639. The van der Waals surface area contributed by atoms with Gasteiger partial charge in [0.15, 0.2) is 0 Å². The average Bonchev–Trinajstić information content (AvgIpc) is 3.15. The Bertz CT molecular complexity index is 737. The van der Waals surface area contributed by atoms with E-state index in [-0.39, 0.29) is 12.1 Å². The van der Waals surface area contributed by atoms with Crippen molar-refractivity contribution < 1.29 is 9.53 Å². The highest BCUT2D eigenvalue weighted by atomic mass is 79.9. The number of likely N-dealkylation sites (tertiary alicyclic amines) is 1. The van der Waals surface area contributed by atoms with Crippen LogP contribution in [0.15, 0.2) is 21.5 Å². The van der Waals surface area contributed by atoms with Crippen LogP contribution < -0.4 is 0 Å². The maximum absolute atomic E-state index is 12.4. The van der Waals surface area contributed by atoms with Crippen molar-refractivity contribution in [2.75, 3.05) is 6.54 Å². The van der Waals surface area contributed by atoms with Crippen LogP contribution in [0, 0.1) is 0 Å². The zero-order valence-electron chi connectivity index (χ0n) is 13.3. The summed E-state index contributed by atoms with van der Waals surface area (Å²) in [5, 5.41) is 0. The van der Waals surface area contributed by atoms with Crippen LogP contribution in [0.25, 0.3) is 4.91 Å². The van der Waals surface area contributed by atoms with Crippen LogP contribution >= 0.6 is 27.7 Å². The first-order valence-corrected chi connectivity index (χ1v) is 9.08. The van der Waals surface area contributed by atoms with E-state index in [4.69, 9.17) is 4.74 Å². The summed E-state index contributed by atoms with van der Waals surface area (Å²) in [5.74, 6) is 0.793. The molecule has 122 valence electrons.